The third kappa shape index (κ3) is 2.89. The summed E-state index contributed by atoms with van der Waals surface area (Å²) in [6.07, 6.45) is 7.21. The quantitative estimate of drug-likeness (QED) is 0.927. The van der Waals surface area contributed by atoms with E-state index in [0.717, 1.165) is 23.1 Å². The number of methoxy groups -OCH3 is 1. The maximum Gasteiger partial charge on any atom is 0.207 e. The molecule has 0 saturated heterocycles. The Morgan fingerprint density at radius 3 is 2.67 bits per heavy atom. The molecule has 1 heterocycles. The van der Waals surface area contributed by atoms with Crippen molar-refractivity contribution in [1.82, 2.24) is 9.55 Å². The number of imidazole rings is 1. The second-order valence-electron chi connectivity index (χ2n) is 5.85. The van der Waals surface area contributed by atoms with Gasteiger partial charge in [-0.15, -0.1) is 0 Å². The number of ether oxygens (including phenoxy) is 1. The molecule has 1 aliphatic rings. The minimum absolute atomic E-state index is 0.559. The number of rotatable bonds is 4. The molecule has 0 atom stereocenters. The van der Waals surface area contributed by atoms with E-state index >= 15 is 0 Å². The van der Waals surface area contributed by atoms with Crippen LogP contribution in [-0.2, 0) is 0 Å². The van der Waals surface area contributed by atoms with Gasteiger partial charge in [0.2, 0.25) is 5.95 Å². The van der Waals surface area contributed by atoms with Gasteiger partial charge >= 0.3 is 0 Å². The number of hydrogen-bond donors (Lipinski definition) is 1. The number of aromatic nitrogens is 2. The molecular weight excluding hydrogens is 262 g/mol. The highest BCUT2D eigenvalue weighted by atomic mass is 16.5. The molecule has 1 fully saturated rings. The first kappa shape index (κ1) is 14.0. The summed E-state index contributed by atoms with van der Waals surface area (Å²) in [5.74, 6) is 1.84. The minimum atomic E-state index is 0.559. The third-order valence-corrected chi connectivity index (χ3v) is 4.18. The van der Waals surface area contributed by atoms with Crippen LogP contribution in [-0.4, -0.2) is 22.7 Å². The number of nitrogens with one attached hydrogen (secondary N) is 1. The Bertz CT molecular complexity index is 627. The van der Waals surface area contributed by atoms with Gasteiger partial charge in [0.15, 0.2) is 0 Å². The van der Waals surface area contributed by atoms with Gasteiger partial charge in [0, 0.05) is 12.2 Å². The van der Waals surface area contributed by atoms with Gasteiger partial charge in [-0.05, 0) is 50.5 Å². The fourth-order valence-corrected chi connectivity index (χ4v) is 3.06. The van der Waals surface area contributed by atoms with Gasteiger partial charge in [-0.3, -0.25) is 4.57 Å². The monoisotopic (exact) mass is 285 g/mol. The van der Waals surface area contributed by atoms with Crippen molar-refractivity contribution in [3.05, 3.63) is 35.7 Å². The van der Waals surface area contributed by atoms with Crippen molar-refractivity contribution in [3.63, 3.8) is 0 Å². The lowest BCUT2D eigenvalue weighted by atomic mass is 10.2. The standard InChI is InChI=1S/C17H23N3O/c1-12-10-15(21-3)8-9-16(12)20-11-13(2)18-17(20)19-14-6-4-5-7-14/h8-11,14H,4-7H2,1-3H3,(H,18,19). The maximum absolute atomic E-state index is 5.29. The zero-order chi connectivity index (χ0) is 14.8. The predicted octanol–water partition coefficient (Wildman–Crippen LogP) is 3.85. The van der Waals surface area contributed by atoms with Gasteiger partial charge in [-0.1, -0.05) is 12.8 Å². The molecule has 21 heavy (non-hydrogen) atoms. The Labute approximate surface area is 126 Å². The molecule has 4 nitrogen and oxygen atoms in total. The zero-order valence-corrected chi connectivity index (χ0v) is 13.0. The zero-order valence-electron chi connectivity index (χ0n) is 13.0. The van der Waals surface area contributed by atoms with Crippen molar-refractivity contribution in [1.29, 1.82) is 0 Å². The summed E-state index contributed by atoms with van der Waals surface area (Å²) in [5, 5.41) is 3.61. The number of nitrogens with zero attached hydrogens (tertiary/aromatic N) is 2. The van der Waals surface area contributed by atoms with Crippen molar-refractivity contribution < 1.29 is 4.74 Å². The van der Waals surface area contributed by atoms with Gasteiger partial charge in [-0.25, -0.2) is 4.98 Å². The van der Waals surface area contributed by atoms with Crippen LogP contribution in [0.1, 0.15) is 36.9 Å². The van der Waals surface area contributed by atoms with E-state index in [0.29, 0.717) is 6.04 Å². The number of aryl methyl sites for hydroxylation is 2. The first-order valence-electron chi connectivity index (χ1n) is 7.65. The molecule has 1 N–H and O–H groups in total. The Morgan fingerprint density at radius 1 is 1.24 bits per heavy atom. The van der Waals surface area contributed by atoms with E-state index in [4.69, 9.17) is 4.74 Å². The van der Waals surface area contributed by atoms with E-state index in [1.54, 1.807) is 7.11 Å². The minimum Gasteiger partial charge on any atom is -0.497 e. The lowest BCUT2D eigenvalue weighted by Crippen LogP contribution is -2.17. The molecule has 0 spiro atoms. The van der Waals surface area contributed by atoms with Gasteiger partial charge in [0.05, 0.1) is 18.5 Å². The normalized spacial score (nSPS) is 15.4. The van der Waals surface area contributed by atoms with Crippen LogP contribution in [0.5, 0.6) is 5.75 Å². The molecule has 1 aromatic heterocycles. The Kier molecular flexibility index (Phi) is 3.86. The average molecular weight is 285 g/mol. The van der Waals surface area contributed by atoms with Crippen molar-refractivity contribution >= 4 is 5.95 Å². The second kappa shape index (κ2) is 5.80. The van der Waals surface area contributed by atoms with Crippen LogP contribution in [0.15, 0.2) is 24.4 Å². The summed E-state index contributed by atoms with van der Waals surface area (Å²) in [5.41, 5.74) is 3.36. The lowest BCUT2D eigenvalue weighted by Gasteiger charge is -2.16. The summed E-state index contributed by atoms with van der Waals surface area (Å²) in [6.45, 7) is 4.14. The molecule has 4 heteroatoms. The van der Waals surface area contributed by atoms with Gasteiger partial charge in [0.1, 0.15) is 5.75 Å². The molecule has 0 bridgehead atoms. The van der Waals surface area contributed by atoms with Crippen LogP contribution in [0.2, 0.25) is 0 Å². The van der Waals surface area contributed by atoms with Crippen molar-refractivity contribution in [2.75, 3.05) is 12.4 Å². The largest absolute Gasteiger partial charge is 0.497 e. The van der Waals surface area contributed by atoms with Crippen LogP contribution in [0.4, 0.5) is 5.95 Å². The Morgan fingerprint density at radius 2 is 2.00 bits per heavy atom. The molecule has 0 radical (unpaired) electrons. The molecule has 1 aliphatic carbocycles. The highest BCUT2D eigenvalue weighted by Crippen LogP contribution is 2.26. The fourth-order valence-electron chi connectivity index (χ4n) is 3.06. The highest BCUT2D eigenvalue weighted by molar-refractivity contribution is 5.50. The summed E-state index contributed by atoms with van der Waals surface area (Å²) in [6, 6.07) is 6.71. The van der Waals surface area contributed by atoms with Crippen LogP contribution in [0, 0.1) is 13.8 Å². The molecule has 1 saturated carbocycles. The van der Waals surface area contributed by atoms with Crippen molar-refractivity contribution in [3.8, 4) is 11.4 Å². The third-order valence-electron chi connectivity index (χ3n) is 4.18. The lowest BCUT2D eigenvalue weighted by molar-refractivity contribution is 0.414. The van der Waals surface area contributed by atoms with Crippen LogP contribution < -0.4 is 10.1 Å². The second-order valence-corrected chi connectivity index (χ2v) is 5.85. The predicted molar refractivity (Wildman–Crippen MR) is 85.5 cm³/mol. The summed E-state index contributed by atoms with van der Waals surface area (Å²) >= 11 is 0. The summed E-state index contributed by atoms with van der Waals surface area (Å²) in [7, 11) is 1.70. The van der Waals surface area contributed by atoms with Crippen molar-refractivity contribution in [2.24, 2.45) is 0 Å². The number of anilines is 1. The van der Waals surface area contributed by atoms with E-state index in [1.165, 1.54) is 31.2 Å². The van der Waals surface area contributed by atoms with Crippen molar-refractivity contribution in [2.45, 2.75) is 45.6 Å². The molecule has 1 aromatic carbocycles. The molecule has 0 amide bonds. The molecule has 0 unspecified atom stereocenters. The first-order chi connectivity index (χ1) is 10.2. The average Bonchev–Trinajstić information content (AvgIpc) is 3.09. The highest BCUT2D eigenvalue weighted by Gasteiger charge is 2.18. The first-order valence-corrected chi connectivity index (χ1v) is 7.65. The van der Waals surface area contributed by atoms with Crippen LogP contribution in [0.25, 0.3) is 5.69 Å². The molecule has 112 valence electrons. The van der Waals surface area contributed by atoms with Gasteiger partial charge < -0.3 is 10.1 Å². The summed E-state index contributed by atoms with van der Waals surface area (Å²) < 4.78 is 7.44. The smallest absolute Gasteiger partial charge is 0.207 e. The van der Waals surface area contributed by atoms with Crippen LogP contribution >= 0.6 is 0 Å². The van der Waals surface area contributed by atoms with E-state index in [-0.39, 0.29) is 0 Å². The van der Waals surface area contributed by atoms with Crippen LogP contribution in [0.3, 0.4) is 0 Å². The Hall–Kier alpha value is -1.97. The van der Waals surface area contributed by atoms with Gasteiger partial charge in [0.25, 0.3) is 0 Å². The number of benzene rings is 1. The molecule has 2 aromatic rings. The SMILES string of the molecule is COc1ccc(-n2cc(C)nc2NC2CCCC2)c(C)c1. The summed E-state index contributed by atoms with van der Waals surface area (Å²) in [4.78, 5) is 4.65. The van der Waals surface area contributed by atoms with E-state index in [9.17, 15) is 0 Å². The van der Waals surface area contributed by atoms with E-state index < -0.39 is 0 Å². The number of hydrogen-bond acceptors (Lipinski definition) is 3. The Balaban J connectivity index is 1.94. The molecule has 0 aliphatic heterocycles. The van der Waals surface area contributed by atoms with E-state index in [1.807, 2.05) is 13.0 Å². The molecular formula is C17H23N3O. The topological polar surface area (TPSA) is 39.1 Å². The molecule has 3 rings (SSSR count). The fraction of sp³-hybridized carbons (Fsp3) is 0.471. The maximum atomic E-state index is 5.29. The van der Waals surface area contributed by atoms with Gasteiger partial charge in [-0.2, -0.15) is 0 Å². The van der Waals surface area contributed by atoms with E-state index in [2.05, 4.69) is 40.1 Å².